The van der Waals surface area contributed by atoms with Crippen molar-refractivity contribution < 1.29 is 4.39 Å². The summed E-state index contributed by atoms with van der Waals surface area (Å²) in [5.41, 5.74) is 2.79. The summed E-state index contributed by atoms with van der Waals surface area (Å²) in [7, 11) is 0. The van der Waals surface area contributed by atoms with Crippen LogP contribution in [0.4, 0.5) is 4.39 Å². The SMILES string of the molecule is Cc1cnc2c(c1)[nH]c(=S)n2-c1c(F)cccc1Br. The van der Waals surface area contributed by atoms with Crippen LogP contribution in [0.25, 0.3) is 16.9 Å². The summed E-state index contributed by atoms with van der Waals surface area (Å²) < 4.78 is 16.7. The van der Waals surface area contributed by atoms with Gasteiger partial charge in [0.05, 0.1) is 11.2 Å². The van der Waals surface area contributed by atoms with Crippen LogP contribution in [-0.4, -0.2) is 14.5 Å². The fraction of sp³-hybridized carbons (Fsp3) is 0.0769. The minimum atomic E-state index is -0.353. The third-order valence-corrected chi connectivity index (χ3v) is 3.75. The van der Waals surface area contributed by atoms with Crippen LogP contribution in [-0.2, 0) is 0 Å². The Bertz CT molecular complexity index is 817. The number of para-hydroxylation sites is 1. The van der Waals surface area contributed by atoms with Gasteiger partial charge >= 0.3 is 0 Å². The first-order valence-electron chi connectivity index (χ1n) is 5.59. The number of imidazole rings is 1. The molecule has 19 heavy (non-hydrogen) atoms. The number of H-pyrrole nitrogens is 1. The van der Waals surface area contributed by atoms with Gasteiger partial charge in [0.25, 0.3) is 0 Å². The minimum absolute atomic E-state index is 0.353. The topological polar surface area (TPSA) is 33.6 Å². The van der Waals surface area contributed by atoms with Crippen molar-refractivity contribution in [2.75, 3.05) is 0 Å². The second kappa shape index (κ2) is 4.54. The summed E-state index contributed by atoms with van der Waals surface area (Å²) in [5, 5.41) is 0. The maximum atomic E-state index is 14.1. The molecule has 2 heterocycles. The Labute approximate surface area is 122 Å². The summed E-state index contributed by atoms with van der Waals surface area (Å²) in [4.78, 5) is 7.39. The molecule has 3 aromatic rings. The average Bonchev–Trinajstić information content (AvgIpc) is 2.65. The number of rotatable bonds is 1. The van der Waals surface area contributed by atoms with E-state index < -0.39 is 0 Å². The molecule has 0 fully saturated rings. The number of hydrogen-bond acceptors (Lipinski definition) is 2. The van der Waals surface area contributed by atoms with Gasteiger partial charge in [-0.25, -0.2) is 9.37 Å². The molecule has 1 N–H and O–H groups in total. The number of hydrogen-bond donors (Lipinski definition) is 1. The first-order valence-corrected chi connectivity index (χ1v) is 6.80. The molecule has 2 aromatic heterocycles. The van der Waals surface area contributed by atoms with E-state index >= 15 is 0 Å². The van der Waals surface area contributed by atoms with E-state index in [9.17, 15) is 4.39 Å². The van der Waals surface area contributed by atoms with E-state index in [1.165, 1.54) is 6.07 Å². The molecule has 6 heteroatoms. The van der Waals surface area contributed by atoms with Crippen LogP contribution in [0, 0.1) is 17.5 Å². The molecular weight excluding hydrogens is 329 g/mol. The lowest BCUT2D eigenvalue weighted by Gasteiger charge is -2.07. The third-order valence-electron chi connectivity index (χ3n) is 2.82. The molecule has 0 saturated carbocycles. The van der Waals surface area contributed by atoms with Gasteiger partial charge in [-0.05, 0) is 58.8 Å². The van der Waals surface area contributed by atoms with Crippen molar-refractivity contribution in [2.24, 2.45) is 0 Å². The predicted molar refractivity (Wildman–Crippen MR) is 78.6 cm³/mol. The van der Waals surface area contributed by atoms with Gasteiger partial charge in [-0.2, -0.15) is 0 Å². The standard InChI is InChI=1S/C13H9BrFN3S/c1-7-5-10-12(16-6-7)18(13(19)17-10)11-8(14)3-2-4-9(11)15/h2-6H,1H3,(H,17,19). The molecule has 0 radical (unpaired) electrons. The van der Waals surface area contributed by atoms with Gasteiger partial charge in [0.2, 0.25) is 0 Å². The van der Waals surface area contributed by atoms with Crippen LogP contribution in [0.15, 0.2) is 34.9 Å². The Morgan fingerprint density at radius 3 is 2.95 bits per heavy atom. The lowest BCUT2D eigenvalue weighted by atomic mass is 10.3. The molecule has 0 aliphatic heterocycles. The number of aromatic nitrogens is 3. The number of nitrogens with zero attached hydrogens (tertiary/aromatic N) is 2. The van der Waals surface area contributed by atoms with E-state index in [1.807, 2.05) is 13.0 Å². The van der Waals surface area contributed by atoms with Crippen molar-refractivity contribution in [3.63, 3.8) is 0 Å². The van der Waals surface area contributed by atoms with E-state index in [0.29, 0.717) is 20.6 Å². The normalized spacial score (nSPS) is 11.1. The number of aryl methyl sites for hydroxylation is 1. The Kier molecular flexibility index (Phi) is 2.99. The maximum Gasteiger partial charge on any atom is 0.184 e. The van der Waals surface area contributed by atoms with Gasteiger partial charge in [-0.1, -0.05) is 6.07 Å². The zero-order valence-electron chi connectivity index (χ0n) is 9.95. The van der Waals surface area contributed by atoms with E-state index in [0.717, 1.165) is 11.1 Å². The van der Waals surface area contributed by atoms with Crippen molar-refractivity contribution in [1.29, 1.82) is 0 Å². The van der Waals surface area contributed by atoms with Crippen molar-refractivity contribution in [3.8, 4) is 5.69 Å². The Morgan fingerprint density at radius 1 is 1.42 bits per heavy atom. The lowest BCUT2D eigenvalue weighted by Crippen LogP contribution is -2.00. The van der Waals surface area contributed by atoms with Crippen molar-refractivity contribution in [2.45, 2.75) is 6.92 Å². The quantitative estimate of drug-likeness (QED) is 0.672. The molecule has 0 unspecified atom stereocenters. The van der Waals surface area contributed by atoms with Gasteiger partial charge in [-0.3, -0.25) is 4.57 Å². The van der Waals surface area contributed by atoms with Crippen molar-refractivity contribution >= 4 is 39.3 Å². The number of benzene rings is 1. The monoisotopic (exact) mass is 337 g/mol. The van der Waals surface area contributed by atoms with Crippen molar-refractivity contribution in [3.05, 3.63) is 51.1 Å². The Hall–Kier alpha value is -1.53. The van der Waals surface area contributed by atoms with Crippen LogP contribution < -0.4 is 0 Å². The molecule has 96 valence electrons. The molecule has 1 aromatic carbocycles. The van der Waals surface area contributed by atoms with Gasteiger partial charge in [0, 0.05) is 10.7 Å². The molecule has 0 aliphatic carbocycles. The highest BCUT2D eigenvalue weighted by atomic mass is 79.9. The van der Waals surface area contributed by atoms with Crippen molar-refractivity contribution in [1.82, 2.24) is 14.5 Å². The number of pyridine rings is 1. The lowest BCUT2D eigenvalue weighted by molar-refractivity contribution is 0.617. The van der Waals surface area contributed by atoms with Crippen LogP contribution in [0.2, 0.25) is 0 Å². The first-order chi connectivity index (χ1) is 9.08. The van der Waals surface area contributed by atoms with E-state index in [4.69, 9.17) is 12.2 Å². The van der Waals surface area contributed by atoms with Crippen LogP contribution >= 0.6 is 28.1 Å². The zero-order chi connectivity index (χ0) is 13.6. The third kappa shape index (κ3) is 2.01. The molecule has 3 nitrogen and oxygen atoms in total. The number of aromatic amines is 1. The number of halogens is 2. The Balaban J connectivity index is 2.43. The molecule has 0 saturated heterocycles. The van der Waals surface area contributed by atoms with Gasteiger partial charge < -0.3 is 4.98 Å². The highest BCUT2D eigenvalue weighted by molar-refractivity contribution is 9.10. The Morgan fingerprint density at radius 2 is 2.21 bits per heavy atom. The number of fused-ring (bicyclic) bond motifs is 1. The fourth-order valence-corrected chi connectivity index (χ4v) is 2.82. The van der Waals surface area contributed by atoms with E-state index in [-0.39, 0.29) is 5.82 Å². The second-order valence-electron chi connectivity index (χ2n) is 4.22. The average molecular weight is 338 g/mol. The summed E-state index contributed by atoms with van der Waals surface area (Å²) in [6.45, 7) is 1.94. The maximum absolute atomic E-state index is 14.1. The van der Waals surface area contributed by atoms with Crippen LogP contribution in [0.5, 0.6) is 0 Å². The molecule has 0 aliphatic rings. The molecule has 3 rings (SSSR count). The molecule has 0 spiro atoms. The fourth-order valence-electron chi connectivity index (χ4n) is 2.01. The molecule has 0 bridgehead atoms. The van der Waals surface area contributed by atoms with Crippen LogP contribution in [0.1, 0.15) is 5.56 Å². The molecule has 0 amide bonds. The smallest absolute Gasteiger partial charge is 0.184 e. The second-order valence-corrected chi connectivity index (χ2v) is 5.46. The predicted octanol–water partition coefficient (Wildman–Crippen LogP) is 4.29. The summed E-state index contributed by atoms with van der Waals surface area (Å²) in [6.07, 6.45) is 1.73. The summed E-state index contributed by atoms with van der Waals surface area (Å²) in [6, 6.07) is 6.74. The van der Waals surface area contributed by atoms with Gasteiger partial charge in [-0.15, -0.1) is 0 Å². The highest BCUT2D eigenvalue weighted by Crippen LogP contribution is 2.27. The minimum Gasteiger partial charge on any atom is -0.329 e. The highest BCUT2D eigenvalue weighted by Gasteiger charge is 2.14. The molecule has 0 atom stereocenters. The summed E-state index contributed by atoms with van der Waals surface area (Å²) >= 11 is 8.63. The first kappa shape index (κ1) is 12.5. The van der Waals surface area contributed by atoms with Crippen LogP contribution in [0.3, 0.4) is 0 Å². The largest absolute Gasteiger partial charge is 0.329 e. The molecular formula is C13H9BrFN3S. The summed E-state index contributed by atoms with van der Waals surface area (Å²) in [5.74, 6) is -0.353. The van der Waals surface area contributed by atoms with Gasteiger partial charge in [0.15, 0.2) is 10.4 Å². The van der Waals surface area contributed by atoms with Gasteiger partial charge in [0.1, 0.15) is 5.82 Å². The van der Waals surface area contributed by atoms with E-state index in [2.05, 4.69) is 25.9 Å². The van der Waals surface area contributed by atoms with E-state index in [1.54, 1.807) is 22.9 Å². The zero-order valence-corrected chi connectivity index (χ0v) is 12.3. The number of nitrogens with one attached hydrogen (secondary N) is 1.